The second kappa shape index (κ2) is 10.1. The van der Waals surface area contributed by atoms with Crippen LogP contribution in [0.1, 0.15) is 36.8 Å². The van der Waals surface area contributed by atoms with Gasteiger partial charge in [0.15, 0.2) is 0 Å². The Hall–Kier alpha value is -3.39. The lowest BCUT2D eigenvalue weighted by Crippen LogP contribution is -2.57. The van der Waals surface area contributed by atoms with E-state index in [-0.39, 0.29) is 31.5 Å². The van der Waals surface area contributed by atoms with Crippen molar-refractivity contribution in [3.63, 3.8) is 0 Å². The van der Waals surface area contributed by atoms with Gasteiger partial charge in [-0.1, -0.05) is 48.5 Å². The average Bonchev–Trinajstić information content (AvgIpc) is 3.15. The van der Waals surface area contributed by atoms with E-state index in [1.165, 1.54) is 0 Å². The predicted octanol–water partition coefficient (Wildman–Crippen LogP) is 3.17. The summed E-state index contributed by atoms with van der Waals surface area (Å²) in [5.74, 6) is -1.28. The standard InChI is InChI=1S/C27H33N3O5/c1-27(25(32)33)13-8-14-30(17-27)24(31)23(15-29(2)3)28-26(34)35-16-22-20-11-6-4-9-18(20)19-10-5-7-12-21(19)22/h4-7,9-12,22-23H,8,13-17H2,1-3H3,(H,28,34)(H,32,33). The van der Waals surface area contributed by atoms with Crippen LogP contribution < -0.4 is 5.32 Å². The maximum absolute atomic E-state index is 13.3. The Morgan fingerprint density at radius 1 is 1.11 bits per heavy atom. The largest absolute Gasteiger partial charge is 0.481 e. The highest BCUT2D eigenvalue weighted by molar-refractivity contribution is 5.87. The topological polar surface area (TPSA) is 99.2 Å². The number of fused-ring (bicyclic) bond motifs is 3. The molecule has 1 fully saturated rings. The Balaban J connectivity index is 1.43. The number of aliphatic carboxylic acids is 1. The molecule has 2 amide bonds. The number of benzene rings is 2. The number of carbonyl (C=O) groups excluding carboxylic acids is 2. The Morgan fingerprint density at radius 3 is 2.29 bits per heavy atom. The number of nitrogens with zero attached hydrogens (tertiary/aromatic N) is 2. The van der Waals surface area contributed by atoms with E-state index < -0.39 is 23.5 Å². The molecule has 35 heavy (non-hydrogen) atoms. The van der Waals surface area contributed by atoms with Gasteiger partial charge in [0.05, 0.1) is 5.41 Å². The van der Waals surface area contributed by atoms with Gasteiger partial charge >= 0.3 is 12.1 Å². The molecule has 0 bridgehead atoms. The molecule has 0 radical (unpaired) electrons. The van der Waals surface area contributed by atoms with Gasteiger partial charge < -0.3 is 25.0 Å². The van der Waals surface area contributed by atoms with Crippen LogP contribution in [0.4, 0.5) is 4.79 Å². The van der Waals surface area contributed by atoms with Gasteiger partial charge in [0, 0.05) is 25.6 Å². The number of hydrogen-bond donors (Lipinski definition) is 2. The number of ether oxygens (including phenoxy) is 1. The molecule has 2 unspecified atom stereocenters. The number of carboxylic acids is 1. The fourth-order valence-electron chi connectivity index (χ4n) is 5.16. The summed E-state index contributed by atoms with van der Waals surface area (Å²) in [5, 5.41) is 12.3. The van der Waals surface area contributed by atoms with Crippen molar-refractivity contribution >= 4 is 18.0 Å². The van der Waals surface area contributed by atoms with Crippen molar-refractivity contribution in [3.05, 3.63) is 59.7 Å². The van der Waals surface area contributed by atoms with Gasteiger partial charge in [-0.15, -0.1) is 0 Å². The SMILES string of the molecule is CN(C)CC(NC(=O)OCC1c2ccccc2-c2ccccc21)C(=O)N1CCCC(C)(C(=O)O)C1. The number of amides is 2. The highest BCUT2D eigenvalue weighted by atomic mass is 16.5. The quantitative estimate of drug-likeness (QED) is 0.633. The zero-order chi connectivity index (χ0) is 25.2. The summed E-state index contributed by atoms with van der Waals surface area (Å²) in [4.78, 5) is 41.2. The lowest BCUT2D eigenvalue weighted by atomic mass is 9.82. The van der Waals surface area contributed by atoms with Crippen molar-refractivity contribution in [1.82, 2.24) is 15.1 Å². The first-order chi connectivity index (χ1) is 16.7. The van der Waals surface area contributed by atoms with Crippen LogP contribution in [0.5, 0.6) is 0 Å². The summed E-state index contributed by atoms with van der Waals surface area (Å²) in [5.41, 5.74) is 3.53. The van der Waals surface area contributed by atoms with Gasteiger partial charge in [0.1, 0.15) is 12.6 Å². The molecule has 4 rings (SSSR count). The molecule has 2 aromatic carbocycles. The number of carbonyl (C=O) groups is 3. The predicted molar refractivity (Wildman–Crippen MR) is 132 cm³/mol. The van der Waals surface area contributed by atoms with E-state index in [4.69, 9.17) is 4.74 Å². The van der Waals surface area contributed by atoms with Gasteiger partial charge in [0.25, 0.3) is 0 Å². The summed E-state index contributed by atoms with van der Waals surface area (Å²) < 4.78 is 5.63. The molecule has 0 saturated carbocycles. The smallest absolute Gasteiger partial charge is 0.407 e. The molecular formula is C27H33N3O5. The normalized spacial score (nSPS) is 20.2. The summed E-state index contributed by atoms with van der Waals surface area (Å²) in [6.07, 6.45) is 0.461. The number of likely N-dealkylation sites (N-methyl/N-ethyl adjacent to an activating group) is 1. The first-order valence-corrected chi connectivity index (χ1v) is 12.0. The minimum absolute atomic E-state index is 0.0745. The minimum Gasteiger partial charge on any atom is -0.481 e. The monoisotopic (exact) mass is 479 g/mol. The van der Waals surface area contributed by atoms with Crippen LogP contribution in [0, 0.1) is 5.41 Å². The molecule has 2 atom stereocenters. The fraction of sp³-hybridized carbons (Fsp3) is 0.444. The summed E-state index contributed by atoms with van der Waals surface area (Å²) in [6.45, 7) is 2.69. The van der Waals surface area contributed by atoms with E-state index in [0.717, 1.165) is 22.3 Å². The molecule has 2 aromatic rings. The number of likely N-dealkylation sites (tertiary alicyclic amines) is 1. The summed E-state index contributed by atoms with van der Waals surface area (Å²) in [7, 11) is 3.63. The molecule has 1 heterocycles. The van der Waals surface area contributed by atoms with E-state index in [1.807, 2.05) is 43.3 Å². The average molecular weight is 480 g/mol. The van der Waals surface area contributed by atoms with Crippen LogP contribution in [0.25, 0.3) is 11.1 Å². The van der Waals surface area contributed by atoms with Crippen molar-refractivity contribution < 1.29 is 24.2 Å². The van der Waals surface area contributed by atoms with Crippen molar-refractivity contribution in [2.75, 3.05) is 40.3 Å². The molecule has 186 valence electrons. The lowest BCUT2D eigenvalue weighted by Gasteiger charge is -2.39. The molecule has 1 aliphatic heterocycles. The van der Waals surface area contributed by atoms with Gasteiger partial charge in [0.2, 0.25) is 5.91 Å². The third-order valence-corrected chi connectivity index (χ3v) is 7.01. The third kappa shape index (κ3) is 5.17. The Labute approximate surface area is 205 Å². The molecule has 2 aliphatic rings. The molecular weight excluding hydrogens is 446 g/mol. The zero-order valence-electron chi connectivity index (χ0n) is 20.5. The van der Waals surface area contributed by atoms with E-state index in [1.54, 1.807) is 11.8 Å². The van der Waals surface area contributed by atoms with E-state index in [0.29, 0.717) is 19.4 Å². The van der Waals surface area contributed by atoms with E-state index >= 15 is 0 Å². The lowest BCUT2D eigenvalue weighted by molar-refractivity contribution is -0.154. The highest BCUT2D eigenvalue weighted by Gasteiger charge is 2.41. The van der Waals surface area contributed by atoms with Crippen LogP contribution in [-0.4, -0.2) is 79.3 Å². The molecule has 1 aliphatic carbocycles. The van der Waals surface area contributed by atoms with Gasteiger partial charge in [-0.25, -0.2) is 4.79 Å². The Bertz CT molecular complexity index is 1070. The first-order valence-electron chi connectivity index (χ1n) is 12.0. The zero-order valence-corrected chi connectivity index (χ0v) is 20.5. The van der Waals surface area contributed by atoms with Crippen molar-refractivity contribution in [3.8, 4) is 11.1 Å². The van der Waals surface area contributed by atoms with E-state index in [9.17, 15) is 19.5 Å². The van der Waals surface area contributed by atoms with Crippen LogP contribution in [0.2, 0.25) is 0 Å². The second-order valence-electron chi connectivity index (χ2n) is 10.0. The molecule has 8 nitrogen and oxygen atoms in total. The molecule has 0 aromatic heterocycles. The third-order valence-electron chi connectivity index (χ3n) is 7.01. The van der Waals surface area contributed by atoms with Gasteiger partial charge in [-0.3, -0.25) is 9.59 Å². The maximum Gasteiger partial charge on any atom is 0.407 e. The summed E-state index contributed by atoms with van der Waals surface area (Å²) >= 11 is 0. The number of piperidine rings is 1. The van der Waals surface area contributed by atoms with Crippen LogP contribution in [-0.2, 0) is 14.3 Å². The van der Waals surface area contributed by atoms with Gasteiger partial charge in [-0.05, 0) is 56.1 Å². The van der Waals surface area contributed by atoms with Crippen LogP contribution in [0.3, 0.4) is 0 Å². The maximum atomic E-state index is 13.3. The number of nitrogens with one attached hydrogen (secondary N) is 1. The van der Waals surface area contributed by atoms with E-state index in [2.05, 4.69) is 29.6 Å². The molecule has 2 N–H and O–H groups in total. The first kappa shape index (κ1) is 24.7. The van der Waals surface area contributed by atoms with Crippen LogP contribution in [0.15, 0.2) is 48.5 Å². The molecule has 0 spiro atoms. The second-order valence-corrected chi connectivity index (χ2v) is 10.0. The van der Waals surface area contributed by atoms with Crippen LogP contribution >= 0.6 is 0 Å². The van der Waals surface area contributed by atoms with Gasteiger partial charge in [-0.2, -0.15) is 0 Å². The fourth-order valence-corrected chi connectivity index (χ4v) is 5.16. The van der Waals surface area contributed by atoms with Crippen molar-refractivity contribution in [2.24, 2.45) is 5.41 Å². The number of carboxylic acid groups (broad SMARTS) is 1. The minimum atomic E-state index is -0.986. The highest BCUT2D eigenvalue weighted by Crippen LogP contribution is 2.44. The molecule has 1 saturated heterocycles. The number of alkyl carbamates (subject to hydrolysis) is 1. The Kier molecular flexibility index (Phi) is 7.12. The van der Waals surface area contributed by atoms with Crippen molar-refractivity contribution in [2.45, 2.75) is 31.7 Å². The molecule has 8 heteroatoms. The van der Waals surface area contributed by atoms with Crippen molar-refractivity contribution in [1.29, 1.82) is 0 Å². The number of hydrogen-bond acceptors (Lipinski definition) is 5. The summed E-state index contributed by atoms with van der Waals surface area (Å²) in [6, 6.07) is 15.4. The number of rotatable bonds is 7. The Morgan fingerprint density at radius 2 is 1.71 bits per heavy atom.